The van der Waals surface area contributed by atoms with Crippen LogP contribution in [0.3, 0.4) is 0 Å². The predicted octanol–water partition coefficient (Wildman–Crippen LogP) is -5.69. The summed E-state index contributed by atoms with van der Waals surface area (Å²) >= 11 is 0. The van der Waals surface area contributed by atoms with Crippen LogP contribution in [0.1, 0.15) is 6.92 Å². The van der Waals surface area contributed by atoms with E-state index in [1.807, 2.05) is 0 Å². The van der Waals surface area contributed by atoms with Crippen LogP contribution in [0.5, 0.6) is 0 Å². The topological polar surface area (TPSA) is 266 Å². The number of nitrogens with two attached hydrogens (primary N) is 4. The van der Waals surface area contributed by atoms with Crippen LogP contribution in [0.4, 0.5) is 0 Å². The minimum Gasteiger partial charge on any atom is -0.400 e. The van der Waals surface area contributed by atoms with E-state index in [9.17, 15) is 25.6 Å². The van der Waals surface area contributed by atoms with E-state index in [0.717, 1.165) is 0 Å². The standard InChI is InChI=1S/C14H27N5O9.C2H6O/c15-2-5-8(21)9(22)14(25-5)27-11-7(20)3(16)1-4(17)10(11)26-13-6(18)12(23)19(24)28-13;1-2-3/h1,4-14,20-24H,2,15-18H2;3H,2H2,1H3. The highest BCUT2D eigenvalue weighted by molar-refractivity contribution is 5.19. The van der Waals surface area contributed by atoms with Gasteiger partial charge in [0.05, 0.1) is 6.04 Å². The van der Waals surface area contributed by atoms with Crippen molar-refractivity contribution in [1.29, 1.82) is 0 Å². The van der Waals surface area contributed by atoms with Gasteiger partial charge in [0.2, 0.25) is 0 Å². The van der Waals surface area contributed by atoms with Gasteiger partial charge in [0, 0.05) is 18.8 Å². The van der Waals surface area contributed by atoms with Crippen LogP contribution in [0, 0.1) is 0 Å². The molecule has 0 bridgehead atoms. The number of hydrogen-bond acceptors (Lipinski definition) is 15. The molecule has 31 heavy (non-hydrogen) atoms. The van der Waals surface area contributed by atoms with Gasteiger partial charge in [-0.3, -0.25) is 5.21 Å². The fraction of sp³-hybridized carbons (Fsp3) is 0.875. The molecule has 15 heteroatoms. The first-order valence-electron chi connectivity index (χ1n) is 9.70. The minimum absolute atomic E-state index is 0.00113. The Hall–Kier alpha value is -1.02. The molecule has 2 heterocycles. The van der Waals surface area contributed by atoms with Crippen molar-refractivity contribution >= 4 is 0 Å². The summed E-state index contributed by atoms with van der Waals surface area (Å²) in [5.74, 6) is 0. The minimum atomic E-state index is -1.55. The van der Waals surface area contributed by atoms with Gasteiger partial charge in [-0.05, 0) is 18.2 Å². The van der Waals surface area contributed by atoms with Crippen LogP contribution in [-0.2, 0) is 19.0 Å². The Kier molecular flexibility index (Phi) is 9.49. The molecule has 3 rings (SSSR count). The first-order valence-corrected chi connectivity index (χ1v) is 9.70. The van der Waals surface area contributed by atoms with Crippen molar-refractivity contribution in [3.8, 4) is 0 Å². The van der Waals surface area contributed by atoms with Crippen molar-refractivity contribution in [2.45, 2.75) is 74.4 Å². The average molecular weight is 455 g/mol. The maximum atomic E-state index is 10.4. The number of aliphatic hydroxyl groups excluding tert-OH is 5. The van der Waals surface area contributed by atoms with E-state index in [2.05, 4.69) is 0 Å². The van der Waals surface area contributed by atoms with Crippen molar-refractivity contribution < 1.29 is 49.8 Å². The zero-order chi connectivity index (χ0) is 23.5. The van der Waals surface area contributed by atoms with Gasteiger partial charge >= 0.3 is 0 Å². The molecule has 2 saturated heterocycles. The first kappa shape index (κ1) is 26.2. The van der Waals surface area contributed by atoms with E-state index in [0.29, 0.717) is 0 Å². The summed E-state index contributed by atoms with van der Waals surface area (Å²) in [7, 11) is 0. The zero-order valence-electron chi connectivity index (χ0n) is 16.9. The summed E-state index contributed by atoms with van der Waals surface area (Å²) in [5.41, 5.74) is 23.0. The number of aliphatic hydroxyl groups is 5. The largest absolute Gasteiger partial charge is 0.400 e. The van der Waals surface area contributed by atoms with Crippen LogP contribution in [0.15, 0.2) is 11.8 Å². The molecule has 0 aromatic carbocycles. The lowest BCUT2D eigenvalue weighted by Gasteiger charge is -2.40. The van der Waals surface area contributed by atoms with Gasteiger partial charge in [0.15, 0.2) is 18.8 Å². The third-order valence-electron chi connectivity index (χ3n) is 4.97. The van der Waals surface area contributed by atoms with Crippen LogP contribution in [-0.4, -0.2) is 117 Å². The SMILES string of the molecule is CCO.NCC1OC(OC2C(O)C(N)=CC(N)C2OC2ON(O)C(O)C2N)C(O)C1O. The van der Waals surface area contributed by atoms with E-state index in [4.69, 9.17) is 47.1 Å². The number of nitrogens with zero attached hydrogens (tertiary/aromatic N) is 1. The van der Waals surface area contributed by atoms with Crippen molar-refractivity contribution in [2.24, 2.45) is 22.9 Å². The molecular weight excluding hydrogens is 422 g/mol. The van der Waals surface area contributed by atoms with Crippen LogP contribution in [0.25, 0.3) is 0 Å². The molecule has 0 aromatic heterocycles. The van der Waals surface area contributed by atoms with Crippen molar-refractivity contribution in [3.63, 3.8) is 0 Å². The molecule has 0 aromatic rings. The monoisotopic (exact) mass is 455 g/mol. The van der Waals surface area contributed by atoms with E-state index in [-0.39, 0.29) is 24.1 Å². The lowest BCUT2D eigenvalue weighted by Crippen LogP contribution is -2.59. The highest BCUT2D eigenvalue weighted by atomic mass is 16.9. The number of hydrogen-bond donors (Lipinski definition) is 10. The maximum absolute atomic E-state index is 10.4. The summed E-state index contributed by atoms with van der Waals surface area (Å²) in [5, 5.41) is 57.3. The van der Waals surface area contributed by atoms with Crippen molar-refractivity contribution in [1.82, 2.24) is 5.23 Å². The molecule has 1 aliphatic carbocycles. The molecule has 15 nitrogen and oxygen atoms in total. The molecule has 11 atom stereocenters. The normalized spacial score (nSPS) is 45.9. The summed E-state index contributed by atoms with van der Waals surface area (Å²) in [6, 6.07) is -2.06. The van der Waals surface area contributed by atoms with Gasteiger partial charge in [-0.1, -0.05) is 0 Å². The van der Waals surface area contributed by atoms with Gasteiger partial charge in [0.1, 0.15) is 42.7 Å². The molecule has 2 fully saturated rings. The number of rotatable bonds is 5. The van der Waals surface area contributed by atoms with Crippen LogP contribution in [0.2, 0.25) is 0 Å². The van der Waals surface area contributed by atoms with E-state index >= 15 is 0 Å². The van der Waals surface area contributed by atoms with Gasteiger partial charge in [-0.2, -0.15) is 0 Å². The Morgan fingerprint density at radius 1 is 1.06 bits per heavy atom. The fourth-order valence-corrected chi connectivity index (χ4v) is 3.30. The summed E-state index contributed by atoms with van der Waals surface area (Å²) < 4.78 is 16.6. The van der Waals surface area contributed by atoms with Crippen molar-refractivity contribution in [3.05, 3.63) is 11.8 Å². The summed E-state index contributed by atoms with van der Waals surface area (Å²) in [6.07, 6.45) is -10.3. The van der Waals surface area contributed by atoms with E-state index in [1.165, 1.54) is 6.08 Å². The maximum Gasteiger partial charge on any atom is 0.199 e. The van der Waals surface area contributed by atoms with Gasteiger partial charge in [-0.25, -0.2) is 4.84 Å². The van der Waals surface area contributed by atoms with Crippen molar-refractivity contribution in [2.75, 3.05) is 13.2 Å². The lowest BCUT2D eigenvalue weighted by atomic mass is 9.91. The van der Waals surface area contributed by atoms with E-state index in [1.54, 1.807) is 6.92 Å². The van der Waals surface area contributed by atoms with Gasteiger partial charge in [0.25, 0.3) is 0 Å². The number of ether oxygens (including phenoxy) is 3. The Morgan fingerprint density at radius 2 is 1.65 bits per heavy atom. The Balaban J connectivity index is 0.00000107. The smallest absolute Gasteiger partial charge is 0.199 e. The molecule has 182 valence electrons. The predicted molar refractivity (Wildman–Crippen MR) is 101 cm³/mol. The quantitative estimate of drug-likeness (QED) is 0.185. The molecule has 11 unspecified atom stereocenters. The molecule has 14 N–H and O–H groups in total. The molecule has 3 aliphatic rings. The second kappa shape index (κ2) is 11.2. The Morgan fingerprint density at radius 3 is 2.13 bits per heavy atom. The molecule has 0 radical (unpaired) electrons. The molecular formula is C16H33N5O10. The molecule has 0 amide bonds. The van der Waals surface area contributed by atoms with Gasteiger partial charge < -0.3 is 62.7 Å². The van der Waals surface area contributed by atoms with Crippen LogP contribution < -0.4 is 22.9 Å². The lowest BCUT2D eigenvalue weighted by molar-refractivity contribution is -0.397. The van der Waals surface area contributed by atoms with Gasteiger partial charge in [-0.15, -0.1) is 0 Å². The molecule has 0 spiro atoms. The Labute approximate surface area is 178 Å². The van der Waals surface area contributed by atoms with E-state index < -0.39 is 67.5 Å². The molecule has 0 saturated carbocycles. The second-order valence-corrected chi connectivity index (χ2v) is 7.23. The van der Waals surface area contributed by atoms with Crippen LogP contribution >= 0.6 is 0 Å². The summed E-state index contributed by atoms with van der Waals surface area (Å²) in [6.45, 7) is 1.86. The third-order valence-corrected chi connectivity index (χ3v) is 4.97. The zero-order valence-corrected chi connectivity index (χ0v) is 16.9. The Bertz CT molecular complexity index is 603. The number of hydroxylamine groups is 2. The highest BCUT2D eigenvalue weighted by Gasteiger charge is 2.50. The highest BCUT2D eigenvalue weighted by Crippen LogP contribution is 2.30. The fourth-order valence-electron chi connectivity index (χ4n) is 3.30. The third kappa shape index (κ3) is 5.67. The second-order valence-electron chi connectivity index (χ2n) is 7.23. The first-order chi connectivity index (χ1) is 14.6. The average Bonchev–Trinajstić information content (AvgIpc) is 3.13. The molecule has 2 aliphatic heterocycles. The summed E-state index contributed by atoms with van der Waals surface area (Å²) in [4.78, 5) is 4.90.